The molecule has 0 radical (unpaired) electrons. The van der Waals surface area contributed by atoms with Crippen LogP contribution in [0.3, 0.4) is 0 Å². The van der Waals surface area contributed by atoms with E-state index in [1.54, 1.807) is 18.3 Å². The fourth-order valence-corrected chi connectivity index (χ4v) is 4.22. The average Bonchev–Trinajstić information content (AvgIpc) is 3.06. The minimum atomic E-state index is -5.08. The van der Waals surface area contributed by atoms with Gasteiger partial charge in [0.05, 0.1) is 11.8 Å². The van der Waals surface area contributed by atoms with Gasteiger partial charge in [-0.25, -0.2) is 17.5 Å². The van der Waals surface area contributed by atoms with Gasteiger partial charge >= 0.3 is 12.1 Å². The third kappa shape index (κ3) is 5.05. The molecule has 25 heavy (non-hydrogen) atoms. The van der Waals surface area contributed by atoms with Gasteiger partial charge in [-0.3, -0.25) is 9.69 Å². The summed E-state index contributed by atoms with van der Waals surface area (Å²) in [5.74, 6) is -2.31. The zero-order valence-corrected chi connectivity index (χ0v) is 14.9. The standard InChI is InChI=1S/C11H21N3O3S.C2HF3O2/c1-4-18(16,17)14-6-8-5-9(11(15)12-2)13(3)10(8)7-14;3-2(4,5)1(6)7/h8-10H,4-7H2,1-3H3,(H,12,15);(H,6,7)/t8-,9-,10+;/m0./s1. The molecule has 2 aliphatic heterocycles. The smallest absolute Gasteiger partial charge is 0.475 e. The number of carbonyl (C=O) groups excluding carboxylic acids is 1. The monoisotopic (exact) mass is 389 g/mol. The third-order valence-electron chi connectivity index (χ3n) is 4.46. The predicted octanol–water partition coefficient (Wildman–Crippen LogP) is -0.280. The molecule has 2 heterocycles. The van der Waals surface area contributed by atoms with Crippen LogP contribution in [0.2, 0.25) is 0 Å². The van der Waals surface area contributed by atoms with Crippen LogP contribution in [0.25, 0.3) is 0 Å². The summed E-state index contributed by atoms with van der Waals surface area (Å²) in [5.41, 5.74) is 0. The summed E-state index contributed by atoms with van der Waals surface area (Å²) in [4.78, 5) is 22.6. The number of halogens is 3. The van der Waals surface area contributed by atoms with E-state index in [-0.39, 0.29) is 29.7 Å². The maximum absolute atomic E-state index is 11.8. The lowest BCUT2D eigenvalue weighted by atomic mass is 10.0. The Bertz CT molecular complexity index is 611. The van der Waals surface area contributed by atoms with Gasteiger partial charge in [0.2, 0.25) is 15.9 Å². The second kappa shape index (κ2) is 7.87. The van der Waals surface area contributed by atoms with Gasteiger partial charge in [0.15, 0.2) is 0 Å². The molecule has 0 aromatic carbocycles. The number of hydrogen-bond acceptors (Lipinski definition) is 5. The van der Waals surface area contributed by atoms with Crippen LogP contribution < -0.4 is 5.32 Å². The molecule has 0 aromatic heterocycles. The van der Waals surface area contributed by atoms with Crippen LogP contribution in [-0.4, -0.2) is 85.8 Å². The van der Waals surface area contributed by atoms with Crippen LogP contribution in [0, 0.1) is 5.92 Å². The van der Waals surface area contributed by atoms with E-state index in [1.807, 2.05) is 11.9 Å². The Balaban J connectivity index is 0.000000381. The zero-order valence-electron chi connectivity index (χ0n) is 14.1. The SMILES string of the molecule is CCS(=O)(=O)N1C[C@@H]2C[C@@H](C(=O)NC)N(C)[C@@H]2C1.O=C(O)C(F)(F)F. The van der Waals surface area contributed by atoms with Crippen molar-refractivity contribution in [1.82, 2.24) is 14.5 Å². The first-order valence-electron chi connectivity index (χ1n) is 7.56. The lowest BCUT2D eigenvalue weighted by Gasteiger charge is -2.25. The lowest BCUT2D eigenvalue weighted by Crippen LogP contribution is -2.45. The molecule has 8 nitrogen and oxygen atoms in total. The lowest BCUT2D eigenvalue weighted by molar-refractivity contribution is -0.192. The van der Waals surface area contributed by atoms with Crippen LogP contribution in [0.5, 0.6) is 0 Å². The van der Waals surface area contributed by atoms with Crippen molar-refractivity contribution in [3.05, 3.63) is 0 Å². The molecule has 3 atom stereocenters. The van der Waals surface area contributed by atoms with Crippen LogP contribution in [0.4, 0.5) is 13.2 Å². The number of sulfonamides is 1. The van der Waals surface area contributed by atoms with Crippen molar-refractivity contribution in [2.24, 2.45) is 5.92 Å². The molecule has 2 fully saturated rings. The van der Waals surface area contributed by atoms with Crippen LogP contribution in [-0.2, 0) is 19.6 Å². The summed E-state index contributed by atoms with van der Waals surface area (Å²) in [7, 11) is 0.446. The maximum atomic E-state index is 11.8. The van der Waals surface area contributed by atoms with E-state index >= 15 is 0 Å². The van der Waals surface area contributed by atoms with E-state index in [0.717, 1.165) is 6.42 Å². The number of carboxylic acid groups (broad SMARTS) is 1. The highest BCUT2D eigenvalue weighted by Crippen LogP contribution is 2.35. The fourth-order valence-electron chi connectivity index (χ4n) is 3.06. The summed E-state index contributed by atoms with van der Waals surface area (Å²) in [6.07, 6.45) is -4.34. The van der Waals surface area contributed by atoms with Gasteiger partial charge in [-0.1, -0.05) is 0 Å². The van der Waals surface area contributed by atoms with Crippen LogP contribution >= 0.6 is 0 Å². The zero-order chi connectivity index (χ0) is 19.6. The molecule has 146 valence electrons. The van der Waals surface area contributed by atoms with E-state index in [4.69, 9.17) is 9.90 Å². The first kappa shape index (κ1) is 21.6. The van der Waals surface area contributed by atoms with Gasteiger partial charge in [-0.05, 0) is 26.3 Å². The molecule has 2 rings (SSSR count). The molecular weight excluding hydrogens is 367 g/mol. The number of aliphatic carboxylic acids is 1. The average molecular weight is 389 g/mol. The topological polar surface area (TPSA) is 107 Å². The van der Waals surface area contributed by atoms with Crippen molar-refractivity contribution in [3.63, 3.8) is 0 Å². The van der Waals surface area contributed by atoms with E-state index in [0.29, 0.717) is 13.1 Å². The number of alkyl halides is 3. The highest BCUT2D eigenvalue weighted by molar-refractivity contribution is 7.89. The number of nitrogens with one attached hydrogen (secondary N) is 1. The Labute approximate surface area is 144 Å². The summed E-state index contributed by atoms with van der Waals surface area (Å²) in [6, 6.07) is 0.0603. The van der Waals surface area contributed by atoms with Crippen molar-refractivity contribution < 1.29 is 36.3 Å². The molecular formula is C13H22F3N3O5S. The number of carboxylic acids is 1. The number of nitrogens with zero attached hydrogens (tertiary/aromatic N) is 2. The van der Waals surface area contributed by atoms with Crippen molar-refractivity contribution in [1.29, 1.82) is 0 Å². The van der Waals surface area contributed by atoms with Crippen molar-refractivity contribution in [2.75, 3.05) is 32.9 Å². The second-order valence-electron chi connectivity index (χ2n) is 5.88. The van der Waals surface area contributed by atoms with E-state index in [2.05, 4.69) is 5.32 Å². The molecule has 0 aromatic rings. The van der Waals surface area contributed by atoms with Crippen molar-refractivity contribution in [3.8, 4) is 0 Å². The molecule has 0 bridgehead atoms. The largest absolute Gasteiger partial charge is 0.490 e. The quantitative estimate of drug-likeness (QED) is 0.688. The summed E-state index contributed by atoms with van der Waals surface area (Å²) in [5, 5.41) is 9.79. The first-order chi connectivity index (χ1) is 11.3. The maximum Gasteiger partial charge on any atom is 0.490 e. The summed E-state index contributed by atoms with van der Waals surface area (Å²) >= 11 is 0. The number of likely N-dealkylation sites (tertiary alicyclic amines) is 1. The number of rotatable bonds is 3. The third-order valence-corrected chi connectivity index (χ3v) is 6.28. The minimum Gasteiger partial charge on any atom is -0.475 e. The van der Waals surface area contributed by atoms with Gasteiger partial charge in [-0.2, -0.15) is 13.2 Å². The number of likely N-dealkylation sites (N-methyl/N-ethyl adjacent to an activating group) is 2. The molecule has 2 saturated heterocycles. The van der Waals surface area contributed by atoms with Crippen LogP contribution in [0.1, 0.15) is 13.3 Å². The molecule has 2 N–H and O–H groups in total. The van der Waals surface area contributed by atoms with E-state index in [1.165, 1.54) is 0 Å². The van der Waals surface area contributed by atoms with Gasteiger partial charge in [0.25, 0.3) is 0 Å². The molecule has 0 spiro atoms. The van der Waals surface area contributed by atoms with Gasteiger partial charge < -0.3 is 10.4 Å². The molecule has 0 saturated carbocycles. The second-order valence-corrected chi connectivity index (χ2v) is 8.14. The summed E-state index contributed by atoms with van der Waals surface area (Å²) < 4.78 is 57.0. The van der Waals surface area contributed by atoms with Crippen molar-refractivity contribution in [2.45, 2.75) is 31.6 Å². The molecule has 12 heteroatoms. The van der Waals surface area contributed by atoms with Crippen molar-refractivity contribution >= 4 is 21.9 Å². The van der Waals surface area contributed by atoms with Crippen LogP contribution in [0.15, 0.2) is 0 Å². The van der Waals surface area contributed by atoms with Gasteiger partial charge in [0, 0.05) is 26.2 Å². The molecule has 0 aliphatic carbocycles. The number of fused-ring (bicyclic) bond motifs is 1. The van der Waals surface area contributed by atoms with Gasteiger partial charge in [0.1, 0.15) is 0 Å². The minimum absolute atomic E-state index is 0.0248. The number of carbonyl (C=O) groups is 2. The normalized spacial score (nSPS) is 27.4. The number of amides is 1. The molecule has 2 aliphatic rings. The Morgan fingerprint density at radius 3 is 2.16 bits per heavy atom. The highest BCUT2D eigenvalue weighted by Gasteiger charge is 2.49. The van der Waals surface area contributed by atoms with Gasteiger partial charge in [-0.15, -0.1) is 0 Å². The molecule has 1 amide bonds. The fraction of sp³-hybridized carbons (Fsp3) is 0.846. The van der Waals surface area contributed by atoms with E-state index in [9.17, 15) is 26.4 Å². The Morgan fingerprint density at radius 1 is 1.28 bits per heavy atom. The highest BCUT2D eigenvalue weighted by atomic mass is 32.2. The Morgan fingerprint density at radius 2 is 1.80 bits per heavy atom. The predicted molar refractivity (Wildman–Crippen MR) is 82.2 cm³/mol. The molecule has 0 unspecified atom stereocenters. The Hall–Kier alpha value is -1.40. The first-order valence-corrected chi connectivity index (χ1v) is 9.17. The van der Waals surface area contributed by atoms with E-state index < -0.39 is 22.2 Å². The summed E-state index contributed by atoms with van der Waals surface area (Å²) in [6.45, 7) is 2.74. The Kier molecular flexibility index (Phi) is 6.81. The number of hydrogen-bond donors (Lipinski definition) is 2.